The van der Waals surface area contributed by atoms with Crippen LogP contribution in [0.1, 0.15) is 22.1 Å². The van der Waals surface area contributed by atoms with E-state index >= 15 is 0 Å². The number of benzene rings is 2. The summed E-state index contributed by atoms with van der Waals surface area (Å²) in [5, 5.41) is 0. The van der Waals surface area contributed by atoms with Crippen LogP contribution in [0, 0.1) is 12.7 Å². The van der Waals surface area contributed by atoms with Gasteiger partial charge in [-0.25, -0.2) is 8.96 Å². The van der Waals surface area contributed by atoms with Gasteiger partial charge in [-0.15, -0.1) is 0 Å². The molecule has 23 heavy (non-hydrogen) atoms. The molecule has 0 aliphatic heterocycles. The molecule has 0 spiro atoms. The summed E-state index contributed by atoms with van der Waals surface area (Å²) >= 11 is 0. The smallest absolute Gasteiger partial charge is 0.207 e. The number of hydrogen-bond acceptors (Lipinski definition) is 0. The number of aryl methyl sites for hydroxylation is 3. The normalized spacial score (nSPS) is 13.3. The van der Waals surface area contributed by atoms with E-state index in [-0.39, 0.29) is 12.2 Å². The van der Waals surface area contributed by atoms with Crippen LogP contribution in [0.25, 0.3) is 22.4 Å². The largest absolute Gasteiger partial charge is 0.212 e. The monoisotopic (exact) mass is 309 g/mol. The summed E-state index contributed by atoms with van der Waals surface area (Å²) in [7, 11) is 1.94. The Hall–Kier alpha value is -2.48. The Morgan fingerprint density at radius 1 is 1.04 bits per heavy atom. The highest BCUT2D eigenvalue weighted by molar-refractivity contribution is 5.69. The second-order valence-corrected chi connectivity index (χ2v) is 5.71. The number of nitrogens with zero attached hydrogens (tertiary/aromatic N) is 1. The lowest BCUT2D eigenvalue weighted by molar-refractivity contribution is -0.660. The van der Waals surface area contributed by atoms with Gasteiger partial charge >= 0.3 is 0 Å². The average Bonchev–Trinajstić information content (AvgIpc) is 2.56. The number of halogens is 1. The zero-order valence-corrected chi connectivity index (χ0v) is 13.3. The molecule has 0 atom stereocenters. The minimum Gasteiger partial charge on any atom is -0.207 e. The van der Waals surface area contributed by atoms with Crippen molar-refractivity contribution < 1.29 is 13.1 Å². The molecule has 2 aromatic carbocycles. The second kappa shape index (κ2) is 6.33. The maximum Gasteiger partial charge on any atom is 0.212 e. The van der Waals surface area contributed by atoms with Gasteiger partial charge in [0.15, 0.2) is 6.20 Å². The molecule has 0 fully saturated rings. The lowest BCUT2D eigenvalue weighted by atomic mass is 9.96. The Bertz CT molecular complexity index is 931. The van der Waals surface area contributed by atoms with Gasteiger partial charge in [0.25, 0.3) is 0 Å². The van der Waals surface area contributed by atoms with Gasteiger partial charge < -0.3 is 0 Å². The van der Waals surface area contributed by atoms with Crippen LogP contribution in [0.15, 0.2) is 60.8 Å². The Balaban J connectivity index is 2.20. The van der Waals surface area contributed by atoms with Crippen molar-refractivity contribution in [2.45, 2.75) is 20.2 Å². The first-order valence-electron chi connectivity index (χ1n) is 9.09. The van der Waals surface area contributed by atoms with Crippen molar-refractivity contribution in [3.8, 4) is 22.4 Å². The van der Waals surface area contributed by atoms with E-state index in [2.05, 4.69) is 0 Å². The van der Waals surface area contributed by atoms with Gasteiger partial charge in [-0.1, -0.05) is 37.2 Å². The number of aromatic nitrogens is 1. The molecule has 2 heteroatoms. The summed E-state index contributed by atoms with van der Waals surface area (Å²) in [6, 6.07) is 16.1. The van der Waals surface area contributed by atoms with Crippen molar-refractivity contribution in [3.63, 3.8) is 0 Å². The molecule has 1 nitrogen and oxygen atoms in total. The molecule has 0 aliphatic rings. The maximum atomic E-state index is 13.3. The van der Waals surface area contributed by atoms with E-state index in [0.29, 0.717) is 0 Å². The fourth-order valence-corrected chi connectivity index (χ4v) is 2.85. The van der Waals surface area contributed by atoms with Crippen molar-refractivity contribution in [1.29, 1.82) is 0 Å². The van der Waals surface area contributed by atoms with E-state index in [1.807, 2.05) is 55.1 Å². The van der Waals surface area contributed by atoms with Crippen LogP contribution in [-0.4, -0.2) is 0 Å². The molecule has 1 aromatic heterocycles. The van der Waals surface area contributed by atoms with Crippen molar-refractivity contribution in [2.24, 2.45) is 7.05 Å². The highest BCUT2D eigenvalue weighted by Gasteiger charge is 2.17. The molecule has 0 saturated heterocycles. The fourth-order valence-electron chi connectivity index (χ4n) is 2.85. The first-order chi connectivity index (χ1) is 12.2. The van der Waals surface area contributed by atoms with Crippen LogP contribution in [-0.2, 0) is 13.5 Å². The first kappa shape index (κ1) is 12.0. The highest BCUT2D eigenvalue weighted by Crippen LogP contribution is 2.28. The number of rotatable bonds is 3. The van der Waals surface area contributed by atoms with Gasteiger partial charge in [-0.2, -0.15) is 0 Å². The van der Waals surface area contributed by atoms with E-state index in [9.17, 15) is 4.39 Å². The summed E-state index contributed by atoms with van der Waals surface area (Å²) in [6.07, 6.45) is 1.88. The second-order valence-electron chi connectivity index (χ2n) is 5.71. The van der Waals surface area contributed by atoms with Gasteiger partial charge in [0.2, 0.25) is 5.69 Å². The molecule has 0 radical (unpaired) electrons. The number of hydrogen-bond donors (Lipinski definition) is 0. The summed E-state index contributed by atoms with van der Waals surface area (Å²) < 4.78 is 38.4. The third-order valence-electron chi connectivity index (χ3n) is 4.13. The molecule has 3 rings (SSSR count). The third-order valence-corrected chi connectivity index (χ3v) is 4.13. The summed E-state index contributed by atoms with van der Waals surface area (Å²) in [4.78, 5) is 0. The van der Waals surface area contributed by atoms with Crippen LogP contribution in [0.2, 0.25) is 0 Å². The summed E-state index contributed by atoms with van der Waals surface area (Å²) in [6.45, 7) is -0.0512. The molecular weight excluding hydrogens is 285 g/mol. The van der Waals surface area contributed by atoms with E-state index in [4.69, 9.17) is 4.11 Å². The van der Waals surface area contributed by atoms with Crippen molar-refractivity contribution >= 4 is 0 Å². The zero-order valence-electron chi connectivity index (χ0n) is 16.3. The fraction of sp³-hybridized carbons (Fsp3) is 0.190. The average molecular weight is 309 g/mol. The van der Waals surface area contributed by atoms with Crippen molar-refractivity contribution in [1.82, 2.24) is 0 Å². The predicted molar refractivity (Wildman–Crippen MR) is 92.6 cm³/mol. The lowest BCUT2D eigenvalue weighted by Crippen LogP contribution is -2.31. The van der Waals surface area contributed by atoms with Gasteiger partial charge in [0.1, 0.15) is 12.9 Å². The van der Waals surface area contributed by atoms with E-state index in [1.165, 1.54) is 12.1 Å². The Morgan fingerprint density at radius 2 is 1.78 bits per heavy atom. The van der Waals surface area contributed by atoms with E-state index < -0.39 is 6.85 Å². The minimum atomic E-state index is -2.09. The quantitative estimate of drug-likeness (QED) is 0.609. The molecule has 3 aromatic rings. The minimum absolute atomic E-state index is 0.0422. The maximum absolute atomic E-state index is 13.3. The van der Waals surface area contributed by atoms with E-state index in [0.717, 1.165) is 33.5 Å². The van der Waals surface area contributed by atoms with E-state index in [1.54, 1.807) is 12.1 Å². The summed E-state index contributed by atoms with van der Waals surface area (Å²) in [5.74, 6) is -0.313. The molecule has 1 heterocycles. The Kier molecular flexibility index (Phi) is 3.30. The third kappa shape index (κ3) is 3.02. The standard InChI is InChI=1S/C21H21FN/c1-4-16-13-21(19-8-6-5-7-15(19)2)23(3)14-20(16)17-9-11-18(22)12-10-17/h5-14H,4H2,1-3H3/q+1/i1D3. The Labute approximate surface area is 141 Å². The van der Waals surface area contributed by atoms with Crippen LogP contribution in [0.4, 0.5) is 4.39 Å². The first-order valence-corrected chi connectivity index (χ1v) is 7.59. The van der Waals surface area contributed by atoms with Crippen LogP contribution in [0.3, 0.4) is 0 Å². The zero-order chi connectivity index (χ0) is 18.9. The molecule has 0 bridgehead atoms. The van der Waals surface area contributed by atoms with Gasteiger partial charge in [-0.3, -0.25) is 0 Å². The Morgan fingerprint density at radius 3 is 2.48 bits per heavy atom. The molecular formula is C21H21FN+. The van der Waals surface area contributed by atoms with Crippen LogP contribution >= 0.6 is 0 Å². The topological polar surface area (TPSA) is 3.88 Å². The highest BCUT2D eigenvalue weighted by atomic mass is 19.1. The van der Waals surface area contributed by atoms with Gasteiger partial charge in [0, 0.05) is 21.3 Å². The van der Waals surface area contributed by atoms with Gasteiger partial charge in [-0.05, 0) is 48.2 Å². The number of pyridine rings is 1. The molecule has 116 valence electrons. The van der Waals surface area contributed by atoms with Crippen molar-refractivity contribution in [3.05, 3.63) is 77.7 Å². The summed E-state index contributed by atoms with van der Waals surface area (Å²) in [5.41, 5.74) is 5.48. The molecule has 0 unspecified atom stereocenters. The molecule has 0 amide bonds. The molecule has 0 saturated carbocycles. The van der Waals surface area contributed by atoms with Gasteiger partial charge in [0.05, 0.1) is 0 Å². The molecule has 0 aliphatic carbocycles. The molecule has 0 N–H and O–H groups in total. The predicted octanol–water partition coefficient (Wildman–Crippen LogP) is 4.86. The van der Waals surface area contributed by atoms with Crippen LogP contribution in [0.5, 0.6) is 0 Å². The van der Waals surface area contributed by atoms with Crippen molar-refractivity contribution in [2.75, 3.05) is 0 Å². The lowest BCUT2D eigenvalue weighted by Gasteiger charge is -2.11. The SMILES string of the molecule is [2H]C([2H])([2H])Cc1cc(-c2ccccc2C)[n+](C)cc1-c1ccc(F)cc1. The van der Waals surface area contributed by atoms with Crippen LogP contribution < -0.4 is 4.57 Å².